The Hall–Kier alpha value is -2.76. The minimum absolute atomic E-state index is 0.0215. The number of carbonyl (C=O) groups is 1. The summed E-state index contributed by atoms with van der Waals surface area (Å²) in [5.74, 6) is 2.06. The van der Waals surface area contributed by atoms with Crippen LogP contribution >= 0.6 is 0 Å². The molecule has 1 fully saturated rings. The van der Waals surface area contributed by atoms with Crippen molar-refractivity contribution in [1.82, 2.24) is 9.88 Å². The van der Waals surface area contributed by atoms with E-state index in [2.05, 4.69) is 4.98 Å². The Balaban J connectivity index is 1.35. The van der Waals surface area contributed by atoms with Crippen molar-refractivity contribution in [3.05, 3.63) is 48.8 Å². The number of hydrogen-bond donors (Lipinski definition) is 0. The lowest BCUT2D eigenvalue weighted by molar-refractivity contribution is -0.146. The summed E-state index contributed by atoms with van der Waals surface area (Å²) >= 11 is 0. The summed E-state index contributed by atoms with van der Waals surface area (Å²) in [5, 5.41) is 0. The summed E-state index contributed by atoms with van der Waals surface area (Å²) in [6.07, 6.45) is 4.19. The van der Waals surface area contributed by atoms with Crippen LogP contribution in [0.15, 0.2) is 48.8 Å². The Morgan fingerprint density at radius 3 is 2.54 bits per heavy atom. The predicted octanol–water partition coefficient (Wildman–Crippen LogP) is 2.68. The van der Waals surface area contributed by atoms with E-state index in [9.17, 15) is 4.79 Å². The van der Waals surface area contributed by atoms with Crippen molar-refractivity contribution >= 4 is 5.91 Å². The molecule has 4 rings (SSSR count). The van der Waals surface area contributed by atoms with Crippen molar-refractivity contribution in [3.8, 4) is 17.2 Å². The second-order valence-electron chi connectivity index (χ2n) is 6.64. The maximum absolute atomic E-state index is 12.9. The van der Waals surface area contributed by atoms with Crippen LogP contribution in [0, 0.1) is 0 Å². The number of fused-ring (bicyclic) bond motifs is 1. The first-order valence-corrected chi connectivity index (χ1v) is 8.98. The zero-order valence-electron chi connectivity index (χ0n) is 14.7. The van der Waals surface area contributed by atoms with Gasteiger partial charge in [-0.2, -0.15) is 0 Å². The molecule has 1 amide bonds. The van der Waals surface area contributed by atoms with Gasteiger partial charge in [0.05, 0.1) is 6.20 Å². The maximum atomic E-state index is 12.9. The number of likely N-dealkylation sites (tertiary alicyclic amines) is 1. The van der Waals surface area contributed by atoms with E-state index in [0.29, 0.717) is 24.6 Å². The van der Waals surface area contributed by atoms with Gasteiger partial charge in [0.1, 0.15) is 18.0 Å². The maximum Gasteiger partial charge on any atom is 0.267 e. The predicted molar refractivity (Wildman–Crippen MR) is 95.4 cm³/mol. The highest BCUT2D eigenvalue weighted by Crippen LogP contribution is 2.34. The van der Waals surface area contributed by atoms with E-state index in [1.165, 1.54) is 0 Å². The molecule has 0 spiro atoms. The van der Waals surface area contributed by atoms with E-state index in [0.717, 1.165) is 18.6 Å². The summed E-state index contributed by atoms with van der Waals surface area (Å²) in [6, 6.07) is 11.2. The third-order valence-corrected chi connectivity index (χ3v) is 4.78. The zero-order chi connectivity index (χ0) is 17.9. The minimum atomic E-state index is -0.610. The van der Waals surface area contributed by atoms with Crippen LogP contribution in [0.3, 0.4) is 0 Å². The molecule has 0 aliphatic carbocycles. The van der Waals surface area contributed by atoms with E-state index < -0.39 is 6.10 Å². The minimum Gasteiger partial charge on any atom is -0.489 e. The molecule has 136 valence electrons. The fourth-order valence-electron chi connectivity index (χ4n) is 3.37. The lowest BCUT2D eigenvalue weighted by Gasteiger charge is -2.37. The molecule has 2 aliphatic heterocycles. The number of amides is 1. The Bertz CT molecular complexity index is 759. The number of rotatable bonds is 3. The normalized spacial score (nSPS) is 22.7. The Labute approximate surface area is 152 Å². The third-order valence-electron chi connectivity index (χ3n) is 4.78. The lowest BCUT2D eigenvalue weighted by atomic mass is 10.1. The fourth-order valence-corrected chi connectivity index (χ4v) is 3.37. The van der Waals surface area contributed by atoms with Crippen LogP contribution in [0.2, 0.25) is 0 Å². The van der Waals surface area contributed by atoms with Gasteiger partial charge < -0.3 is 19.1 Å². The van der Waals surface area contributed by atoms with Gasteiger partial charge in [-0.05, 0) is 31.2 Å². The molecule has 2 atom stereocenters. The molecular weight excluding hydrogens is 332 g/mol. The van der Waals surface area contributed by atoms with Gasteiger partial charge >= 0.3 is 0 Å². The molecule has 0 saturated carbocycles. The first kappa shape index (κ1) is 16.7. The van der Waals surface area contributed by atoms with Gasteiger partial charge in [-0.3, -0.25) is 9.78 Å². The highest BCUT2D eigenvalue weighted by atomic mass is 16.6. The molecule has 0 bridgehead atoms. The molecule has 2 aliphatic rings. The molecular formula is C20H22N2O4. The first-order chi connectivity index (χ1) is 12.7. The van der Waals surface area contributed by atoms with E-state index >= 15 is 0 Å². The average molecular weight is 354 g/mol. The summed E-state index contributed by atoms with van der Waals surface area (Å²) in [4.78, 5) is 18.8. The summed E-state index contributed by atoms with van der Waals surface area (Å²) in [5.41, 5.74) is 0. The molecule has 0 unspecified atom stereocenters. The number of para-hydroxylation sites is 2. The molecule has 1 saturated heterocycles. The van der Waals surface area contributed by atoms with Gasteiger partial charge in [-0.1, -0.05) is 12.1 Å². The average Bonchev–Trinajstić information content (AvgIpc) is 2.68. The second kappa shape index (κ2) is 7.23. The van der Waals surface area contributed by atoms with Gasteiger partial charge in [-0.15, -0.1) is 0 Å². The Morgan fingerprint density at radius 2 is 1.85 bits per heavy atom. The van der Waals surface area contributed by atoms with Crippen LogP contribution in [0.25, 0.3) is 0 Å². The molecule has 1 aromatic carbocycles. The Morgan fingerprint density at radius 1 is 1.12 bits per heavy atom. The zero-order valence-corrected chi connectivity index (χ0v) is 14.7. The molecule has 6 heteroatoms. The molecule has 26 heavy (non-hydrogen) atoms. The van der Waals surface area contributed by atoms with Crippen molar-refractivity contribution in [3.63, 3.8) is 0 Å². The number of nitrogens with zero attached hydrogens (tertiary/aromatic N) is 2. The smallest absolute Gasteiger partial charge is 0.267 e. The summed E-state index contributed by atoms with van der Waals surface area (Å²) in [6.45, 7) is 3.17. The molecule has 0 radical (unpaired) electrons. The van der Waals surface area contributed by atoms with E-state index in [4.69, 9.17) is 14.2 Å². The number of pyridine rings is 1. The molecule has 2 aromatic rings. The van der Waals surface area contributed by atoms with Crippen LogP contribution in [0.5, 0.6) is 17.2 Å². The highest BCUT2D eigenvalue weighted by molar-refractivity contribution is 5.82. The molecule has 6 nitrogen and oxygen atoms in total. The highest BCUT2D eigenvalue weighted by Gasteiger charge is 2.38. The van der Waals surface area contributed by atoms with Crippen LogP contribution < -0.4 is 14.2 Å². The number of ether oxygens (including phenoxy) is 3. The molecule has 3 heterocycles. The number of benzene rings is 1. The topological polar surface area (TPSA) is 60.9 Å². The number of piperidine rings is 1. The number of aromatic nitrogens is 1. The first-order valence-electron chi connectivity index (χ1n) is 8.98. The van der Waals surface area contributed by atoms with Crippen molar-refractivity contribution in [2.75, 3.05) is 13.1 Å². The van der Waals surface area contributed by atoms with Gasteiger partial charge in [0, 0.05) is 32.1 Å². The standard InChI is InChI=1S/C20H22N2O4/c1-14-19(26-18-7-3-2-6-17(18)24-14)20(23)22-11-8-15(9-12-22)25-16-5-4-10-21-13-16/h2-7,10,13-15,19H,8-9,11-12H2,1H3/t14-,19+/m1/s1. The van der Waals surface area contributed by atoms with Gasteiger partial charge in [0.25, 0.3) is 5.91 Å². The number of hydrogen-bond acceptors (Lipinski definition) is 5. The second-order valence-corrected chi connectivity index (χ2v) is 6.64. The summed E-state index contributed by atoms with van der Waals surface area (Å²) < 4.78 is 17.7. The van der Waals surface area contributed by atoms with Crippen molar-refractivity contribution < 1.29 is 19.0 Å². The van der Waals surface area contributed by atoms with Crippen LogP contribution in [0.4, 0.5) is 0 Å². The third kappa shape index (κ3) is 3.45. The van der Waals surface area contributed by atoms with Crippen LogP contribution in [-0.4, -0.2) is 47.2 Å². The Kier molecular flexibility index (Phi) is 4.65. The van der Waals surface area contributed by atoms with E-state index in [-0.39, 0.29) is 18.1 Å². The monoisotopic (exact) mass is 354 g/mol. The van der Waals surface area contributed by atoms with E-state index in [1.807, 2.05) is 48.2 Å². The van der Waals surface area contributed by atoms with Crippen molar-refractivity contribution in [1.29, 1.82) is 0 Å². The fraction of sp³-hybridized carbons (Fsp3) is 0.400. The van der Waals surface area contributed by atoms with E-state index in [1.54, 1.807) is 12.4 Å². The number of carbonyl (C=O) groups excluding carboxylic acids is 1. The van der Waals surface area contributed by atoms with Gasteiger partial charge in [-0.25, -0.2) is 0 Å². The quantitative estimate of drug-likeness (QED) is 0.848. The molecule has 1 aromatic heterocycles. The van der Waals surface area contributed by atoms with Crippen LogP contribution in [0.1, 0.15) is 19.8 Å². The van der Waals surface area contributed by atoms with Crippen molar-refractivity contribution in [2.24, 2.45) is 0 Å². The van der Waals surface area contributed by atoms with Gasteiger partial charge in [0.15, 0.2) is 11.5 Å². The SMILES string of the molecule is C[C@H]1Oc2ccccc2O[C@@H]1C(=O)N1CCC(Oc2cccnc2)CC1. The summed E-state index contributed by atoms with van der Waals surface area (Å²) in [7, 11) is 0. The lowest BCUT2D eigenvalue weighted by Crippen LogP contribution is -2.53. The largest absolute Gasteiger partial charge is 0.489 e. The molecule has 0 N–H and O–H groups in total. The van der Waals surface area contributed by atoms with Crippen LogP contribution in [-0.2, 0) is 4.79 Å². The van der Waals surface area contributed by atoms with Gasteiger partial charge in [0.2, 0.25) is 6.10 Å². The van der Waals surface area contributed by atoms with Crippen molar-refractivity contribution in [2.45, 2.75) is 38.1 Å².